The summed E-state index contributed by atoms with van der Waals surface area (Å²) in [6.07, 6.45) is 1.46. The van der Waals surface area contributed by atoms with E-state index >= 15 is 0 Å². The molecule has 2 rings (SSSR count). The Hall–Kier alpha value is -1.37. The number of anilines is 1. The van der Waals surface area contributed by atoms with Crippen molar-refractivity contribution in [1.82, 2.24) is 0 Å². The predicted molar refractivity (Wildman–Crippen MR) is 105 cm³/mol. The monoisotopic (exact) mass is 546 g/mol. The van der Waals surface area contributed by atoms with Crippen LogP contribution >= 0.6 is 54.5 Å². The Morgan fingerprint density at radius 1 is 1.26 bits per heavy atom. The number of amides is 1. The number of halogens is 3. The quantitative estimate of drug-likeness (QED) is 0.320. The van der Waals surface area contributed by atoms with Gasteiger partial charge < -0.3 is 10.4 Å². The van der Waals surface area contributed by atoms with Crippen LogP contribution in [0.4, 0.5) is 5.69 Å². The summed E-state index contributed by atoms with van der Waals surface area (Å²) in [6.45, 7) is 0. The molecular formula is C16H9Br2IN2O2. The van der Waals surface area contributed by atoms with Crippen LogP contribution in [0.1, 0.15) is 5.56 Å². The molecule has 116 valence electrons. The zero-order valence-electron chi connectivity index (χ0n) is 11.5. The number of nitriles is 1. The lowest BCUT2D eigenvalue weighted by atomic mass is 10.1. The molecule has 0 radical (unpaired) electrons. The highest BCUT2D eigenvalue weighted by molar-refractivity contribution is 14.1. The molecule has 0 saturated heterocycles. The highest BCUT2D eigenvalue weighted by atomic mass is 127. The molecular weight excluding hydrogens is 539 g/mol. The highest BCUT2D eigenvalue weighted by Crippen LogP contribution is 2.34. The van der Waals surface area contributed by atoms with E-state index in [2.05, 4.69) is 59.8 Å². The number of carbonyl (C=O) groups is 1. The van der Waals surface area contributed by atoms with Gasteiger partial charge in [-0.2, -0.15) is 5.26 Å². The van der Waals surface area contributed by atoms with Gasteiger partial charge in [0.2, 0.25) is 0 Å². The molecule has 0 spiro atoms. The molecule has 0 heterocycles. The number of phenols is 1. The number of hydrogen-bond acceptors (Lipinski definition) is 3. The lowest BCUT2D eigenvalue weighted by molar-refractivity contribution is -0.112. The fraction of sp³-hybridized carbons (Fsp3) is 0. The number of benzene rings is 2. The second kappa shape index (κ2) is 7.95. The second-order valence-corrected chi connectivity index (χ2v) is 7.31. The van der Waals surface area contributed by atoms with Crippen LogP contribution in [0.2, 0.25) is 0 Å². The number of aromatic hydroxyl groups is 1. The Morgan fingerprint density at radius 3 is 2.43 bits per heavy atom. The molecule has 2 aromatic carbocycles. The van der Waals surface area contributed by atoms with E-state index in [1.54, 1.807) is 18.2 Å². The van der Waals surface area contributed by atoms with E-state index in [9.17, 15) is 15.2 Å². The van der Waals surface area contributed by atoms with Gasteiger partial charge in [0.15, 0.2) is 0 Å². The summed E-state index contributed by atoms with van der Waals surface area (Å²) in [4.78, 5) is 12.3. The normalized spacial score (nSPS) is 11.0. The first kappa shape index (κ1) is 18.0. The van der Waals surface area contributed by atoms with Crippen LogP contribution in [0.15, 0.2) is 50.9 Å². The van der Waals surface area contributed by atoms with E-state index in [0.29, 0.717) is 20.2 Å². The maximum Gasteiger partial charge on any atom is 0.266 e. The van der Waals surface area contributed by atoms with Crippen molar-refractivity contribution >= 4 is 72.1 Å². The fourth-order valence-electron chi connectivity index (χ4n) is 1.74. The average molecular weight is 548 g/mol. The minimum Gasteiger partial charge on any atom is -0.506 e. The molecule has 4 nitrogen and oxygen atoms in total. The van der Waals surface area contributed by atoms with Crippen LogP contribution in [0.3, 0.4) is 0 Å². The number of phenolic OH excluding ortho intramolecular Hbond substituents is 1. The highest BCUT2D eigenvalue weighted by Gasteiger charge is 2.12. The van der Waals surface area contributed by atoms with Crippen LogP contribution in [0, 0.1) is 14.9 Å². The van der Waals surface area contributed by atoms with Crippen molar-refractivity contribution in [2.75, 3.05) is 5.32 Å². The van der Waals surface area contributed by atoms with Gasteiger partial charge in [0, 0.05) is 3.57 Å². The molecule has 0 unspecified atom stereocenters. The molecule has 0 atom stereocenters. The predicted octanol–water partition coefficient (Wildman–Crippen LogP) is 5.07. The molecule has 0 aliphatic carbocycles. The van der Waals surface area contributed by atoms with Crippen molar-refractivity contribution in [3.05, 3.63) is 60.1 Å². The van der Waals surface area contributed by atoms with Gasteiger partial charge >= 0.3 is 0 Å². The molecule has 7 heteroatoms. The lowest BCUT2D eigenvalue weighted by Gasteiger charge is -2.07. The minimum absolute atomic E-state index is 0.0332. The van der Waals surface area contributed by atoms with E-state index in [1.807, 2.05) is 24.3 Å². The molecule has 0 fully saturated rings. The average Bonchev–Trinajstić information content (AvgIpc) is 2.52. The van der Waals surface area contributed by atoms with Crippen LogP contribution in [0.5, 0.6) is 5.75 Å². The van der Waals surface area contributed by atoms with E-state index in [0.717, 1.165) is 3.57 Å². The largest absolute Gasteiger partial charge is 0.506 e. The standard InChI is InChI=1S/C16H9Br2IN2O2/c17-11-6-9(7-12(18)15(11)22)5-10(8-20)16(23)21-14-4-2-1-3-13(14)19/h1-7,22H,(H,21,23)/b10-5-. The van der Waals surface area contributed by atoms with E-state index in [1.165, 1.54) is 6.08 Å². The number of carbonyl (C=O) groups excluding carboxylic acids is 1. The summed E-state index contributed by atoms with van der Waals surface area (Å²) >= 11 is 8.54. The van der Waals surface area contributed by atoms with Gasteiger partial charge in [-0.15, -0.1) is 0 Å². The minimum atomic E-state index is -0.489. The van der Waals surface area contributed by atoms with Crippen LogP contribution in [-0.2, 0) is 4.79 Å². The summed E-state index contributed by atoms with van der Waals surface area (Å²) in [5.41, 5.74) is 1.22. The first-order chi connectivity index (χ1) is 10.9. The van der Waals surface area contributed by atoms with Gasteiger partial charge in [-0.1, -0.05) is 12.1 Å². The van der Waals surface area contributed by atoms with E-state index in [-0.39, 0.29) is 11.3 Å². The summed E-state index contributed by atoms with van der Waals surface area (Å²) in [6, 6.07) is 12.4. The Bertz CT molecular complexity index is 821. The van der Waals surface area contributed by atoms with Gasteiger partial charge in [0.25, 0.3) is 5.91 Å². The van der Waals surface area contributed by atoms with Crippen molar-refractivity contribution < 1.29 is 9.90 Å². The molecule has 1 amide bonds. The number of rotatable bonds is 3. The Morgan fingerprint density at radius 2 is 1.87 bits per heavy atom. The molecule has 0 aliphatic heterocycles. The SMILES string of the molecule is N#C/C(=C/c1cc(Br)c(O)c(Br)c1)C(=O)Nc1ccccc1I. The van der Waals surface area contributed by atoms with Crippen LogP contribution < -0.4 is 5.32 Å². The molecule has 0 bridgehead atoms. The van der Waals surface area contributed by atoms with Crippen LogP contribution in [-0.4, -0.2) is 11.0 Å². The smallest absolute Gasteiger partial charge is 0.266 e. The Kier molecular flexibility index (Phi) is 6.21. The maximum atomic E-state index is 12.3. The van der Waals surface area contributed by atoms with Crippen molar-refractivity contribution in [2.45, 2.75) is 0 Å². The summed E-state index contributed by atoms with van der Waals surface area (Å²) < 4.78 is 1.81. The first-order valence-corrected chi connectivity index (χ1v) is 8.94. The Labute approximate surface area is 163 Å². The first-order valence-electron chi connectivity index (χ1n) is 6.28. The molecule has 2 aromatic rings. The molecule has 23 heavy (non-hydrogen) atoms. The third kappa shape index (κ3) is 4.56. The molecule has 0 saturated carbocycles. The topological polar surface area (TPSA) is 73.1 Å². The molecule has 0 aliphatic rings. The van der Waals surface area contributed by atoms with Crippen LogP contribution in [0.25, 0.3) is 6.08 Å². The summed E-state index contributed by atoms with van der Waals surface area (Å²) in [5.74, 6) is -0.430. The molecule has 0 aromatic heterocycles. The lowest BCUT2D eigenvalue weighted by Crippen LogP contribution is -2.14. The number of para-hydroxylation sites is 1. The van der Waals surface area contributed by atoms with Gasteiger partial charge in [0.05, 0.1) is 14.6 Å². The van der Waals surface area contributed by atoms with Crippen molar-refractivity contribution in [3.8, 4) is 11.8 Å². The Balaban J connectivity index is 2.31. The van der Waals surface area contributed by atoms with Gasteiger partial charge in [0.1, 0.15) is 17.4 Å². The number of hydrogen-bond donors (Lipinski definition) is 2. The fourth-order valence-corrected chi connectivity index (χ4v) is 3.48. The van der Waals surface area contributed by atoms with Gasteiger partial charge in [-0.05, 0) is 90.4 Å². The van der Waals surface area contributed by atoms with Crippen molar-refractivity contribution in [3.63, 3.8) is 0 Å². The van der Waals surface area contributed by atoms with Crippen molar-refractivity contribution in [1.29, 1.82) is 5.26 Å². The van der Waals surface area contributed by atoms with Gasteiger partial charge in [-0.3, -0.25) is 4.79 Å². The maximum absolute atomic E-state index is 12.3. The third-order valence-electron chi connectivity index (χ3n) is 2.84. The summed E-state index contributed by atoms with van der Waals surface area (Å²) in [5, 5.41) is 21.7. The number of nitrogens with one attached hydrogen (secondary N) is 1. The van der Waals surface area contributed by atoms with Gasteiger partial charge in [-0.25, -0.2) is 0 Å². The number of nitrogens with zero attached hydrogens (tertiary/aromatic N) is 1. The molecule has 2 N–H and O–H groups in total. The van der Waals surface area contributed by atoms with Crippen molar-refractivity contribution in [2.24, 2.45) is 0 Å². The second-order valence-electron chi connectivity index (χ2n) is 4.44. The third-order valence-corrected chi connectivity index (χ3v) is 4.99. The van der Waals surface area contributed by atoms with E-state index < -0.39 is 5.91 Å². The summed E-state index contributed by atoms with van der Waals surface area (Å²) in [7, 11) is 0. The zero-order valence-corrected chi connectivity index (χ0v) is 16.8. The van der Waals surface area contributed by atoms with E-state index in [4.69, 9.17) is 0 Å². The zero-order chi connectivity index (χ0) is 17.0.